The second kappa shape index (κ2) is 7.24. The fourth-order valence-corrected chi connectivity index (χ4v) is 3.30. The monoisotopic (exact) mass is 345 g/mol. The third-order valence-electron chi connectivity index (χ3n) is 4.58. The van der Waals surface area contributed by atoms with E-state index < -0.39 is 6.10 Å². The first-order valence-corrected chi connectivity index (χ1v) is 8.44. The number of amides is 1. The molecule has 0 aliphatic carbocycles. The first-order chi connectivity index (χ1) is 11.5. The third-order valence-corrected chi connectivity index (χ3v) is 4.83. The minimum absolute atomic E-state index is 0.0784. The van der Waals surface area contributed by atoms with Crippen LogP contribution in [-0.4, -0.2) is 34.1 Å². The average Bonchev–Trinajstić information content (AvgIpc) is 2.61. The zero-order valence-corrected chi connectivity index (χ0v) is 14.0. The molecule has 0 bridgehead atoms. The summed E-state index contributed by atoms with van der Waals surface area (Å²) in [6, 6.07) is 13.6. The lowest BCUT2D eigenvalue weighted by molar-refractivity contribution is 0.0462. The second-order valence-corrected chi connectivity index (χ2v) is 6.61. The Morgan fingerprint density at radius 2 is 1.79 bits per heavy atom. The quantitative estimate of drug-likeness (QED) is 0.893. The predicted octanol–water partition coefficient (Wildman–Crippen LogP) is 3.63. The molecule has 2 aromatic rings. The Morgan fingerprint density at radius 3 is 2.42 bits per heavy atom. The molecule has 1 heterocycles. The van der Waals surface area contributed by atoms with Crippen molar-refractivity contribution in [1.82, 2.24) is 4.90 Å². The molecule has 1 fully saturated rings. The molecule has 5 heteroatoms. The Morgan fingerprint density at radius 1 is 1.12 bits per heavy atom. The van der Waals surface area contributed by atoms with E-state index in [1.807, 2.05) is 12.1 Å². The number of nitrogens with zero attached hydrogens (tertiary/aromatic N) is 1. The number of aromatic hydroxyl groups is 1. The summed E-state index contributed by atoms with van der Waals surface area (Å²) in [4.78, 5) is 14.3. The molecule has 1 saturated heterocycles. The van der Waals surface area contributed by atoms with Crippen molar-refractivity contribution in [3.63, 3.8) is 0 Å². The number of halogens is 1. The third kappa shape index (κ3) is 3.71. The van der Waals surface area contributed by atoms with Crippen molar-refractivity contribution in [1.29, 1.82) is 0 Å². The number of phenolic OH excluding ortho intramolecular Hbond substituents is 1. The Hall–Kier alpha value is -2.04. The highest BCUT2D eigenvalue weighted by Gasteiger charge is 2.28. The van der Waals surface area contributed by atoms with Crippen LogP contribution in [0, 0.1) is 5.92 Å². The van der Waals surface area contributed by atoms with Crippen molar-refractivity contribution >= 4 is 17.5 Å². The van der Waals surface area contributed by atoms with Gasteiger partial charge in [0.15, 0.2) is 0 Å². The van der Waals surface area contributed by atoms with Crippen LogP contribution in [0.2, 0.25) is 5.02 Å². The number of piperidine rings is 1. The van der Waals surface area contributed by atoms with Gasteiger partial charge < -0.3 is 15.1 Å². The first kappa shape index (κ1) is 16.8. The van der Waals surface area contributed by atoms with Crippen LogP contribution < -0.4 is 0 Å². The molecule has 0 aromatic heterocycles. The fraction of sp³-hybridized carbons (Fsp3) is 0.316. The molecular weight excluding hydrogens is 326 g/mol. The smallest absolute Gasteiger partial charge is 0.253 e. The van der Waals surface area contributed by atoms with Crippen molar-refractivity contribution in [3.05, 3.63) is 64.7 Å². The molecule has 1 amide bonds. The summed E-state index contributed by atoms with van der Waals surface area (Å²) in [5, 5.41) is 20.7. The summed E-state index contributed by atoms with van der Waals surface area (Å²) < 4.78 is 0. The molecule has 24 heavy (non-hydrogen) atoms. The van der Waals surface area contributed by atoms with Gasteiger partial charge in [0.1, 0.15) is 5.75 Å². The number of aliphatic hydroxyl groups excluding tert-OH is 1. The van der Waals surface area contributed by atoms with Gasteiger partial charge in [-0.1, -0.05) is 29.8 Å². The van der Waals surface area contributed by atoms with E-state index in [-0.39, 0.29) is 17.6 Å². The van der Waals surface area contributed by atoms with Gasteiger partial charge in [0.2, 0.25) is 0 Å². The van der Waals surface area contributed by atoms with Gasteiger partial charge in [-0.3, -0.25) is 4.79 Å². The molecule has 2 N–H and O–H groups in total. The van der Waals surface area contributed by atoms with Gasteiger partial charge in [0, 0.05) is 23.7 Å². The van der Waals surface area contributed by atoms with Gasteiger partial charge >= 0.3 is 0 Å². The van der Waals surface area contributed by atoms with E-state index >= 15 is 0 Å². The fourth-order valence-electron chi connectivity index (χ4n) is 3.17. The van der Waals surface area contributed by atoms with Gasteiger partial charge in [0.05, 0.1) is 6.10 Å². The summed E-state index contributed by atoms with van der Waals surface area (Å²) in [6.45, 7) is 1.20. The van der Waals surface area contributed by atoms with Crippen LogP contribution in [0.25, 0.3) is 0 Å². The zero-order valence-electron chi connectivity index (χ0n) is 13.2. The van der Waals surface area contributed by atoms with Crippen LogP contribution in [0.4, 0.5) is 0 Å². The maximum absolute atomic E-state index is 12.5. The molecule has 2 aromatic carbocycles. The summed E-state index contributed by atoms with van der Waals surface area (Å²) in [6.07, 6.45) is 0.947. The van der Waals surface area contributed by atoms with Crippen LogP contribution >= 0.6 is 11.6 Å². The van der Waals surface area contributed by atoms with Crippen LogP contribution in [0.1, 0.15) is 34.9 Å². The number of phenols is 1. The van der Waals surface area contributed by atoms with E-state index in [1.54, 1.807) is 35.2 Å². The number of benzene rings is 2. The highest BCUT2D eigenvalue weighted by molar-refractivity contribution is 6.30. The van der Waals surface area contributed by atoms with Gasteiger partial charge in [-0.05, 0) is 54.7 Å². The summed E-state index contributed by atoms with van der Waals surface area (Å²) in [5.41, 5.74) is 1.35. The largest absolute Gasteiger partial charge is 0.508 e. The molecule has 1 unspecified atom stereocenters. The first-order valence-electron chi connectivity index (χ1n) is 8.06. The van der Waals surface area contributed by atoms with Crippen LogP contribution in [0.5, 0.6) is 5.75 Å². The maximum Gasteiger partial charge on any atom is 0.253 e. The molecule has 1 aliphatic rings. The maximum atomic E-state index is 12.5. The summed E-state index contributed by atoms with van der Waals surface area (Å²) in [5.74, 6) is 0.138. The van der Waals surface area contributed by atoms with Gasteiger partial charge in [0.25, 0.3) is 5.91 Å². The van der Waals surface area contributed by atoms with Gasteiger partial charge in [-0.25, -0.2) is 0 Å². The van der Waals surface area contributed by atoms with Crippen LogP contribution in [0.3, 0.4) is 0 Å². The van der Waals surface area contributed by atoms with Crippen LogP contribution in [0.15, 0.2) is 48.5 Å². The van der Waals surface area contributed by atoms with E-state index in [2.05, 4.69) is 0 Å². The van der Waals surface area contributed by atoms with E-state index in [4.69, 9.17) is 11.6 Å². The van der Waals surface area contributed by atoms with E-state index in [0.717, 1.165) is 18.4 Å². The lowest BCUT2D eigenvalue weighted by atomic mass is 9.87. The van der Waals surface area contributed by atoms with Crippen molar-refractivity contribution in [3.8, 4) is 5.75 Å². The number of hydrogen-bond acceptors (Lipinski definition) is 3. The zero-order chi connectivity index (χ0) is 17.1. The molecule has 4 nitrogen and oxygen atoms in total. The molecule has 3 rings (SSSR count). The van der Waals surface area contributed by atoms with Crippen molar-refractivity contribution in [2.75, 3.05) is 13.1 Å². The minimum Gasteiger partial charge on any atom is -0.508 e. The lowest BCUT2D eigenvalue weighted by Gasteiger charge is -2.34. The van der Waals surface area contributed by atoms with E-state index in [1.165, 1.54) is 6.07 Å². The molecule has 1 atom stereocenters. The van der Waals surface area contributed by atoms with Crippen LogP contribution in [-0.2, 0) is 0 Å². The molecular formula is C19H20ClNO3. The van der Waals surface area contributed by atoms with Crippen molar-refractivity contribution < 1.29 is 15.0 Å². The Labute approximate surface area is 146 Å². The summed E-state index contributed by atoms with van der Waals surface area (Å²) in [7, 11) is 0. The minimum atomic E-state index is -0.541. The average molecular weight is 346 g/mol. The molecule has 0 saturated carbocycles. The van der Waals surface area contributed by atoms with Gasteiger partial charge in [-0.2, -0.15) is 0 Å². The van der Waals surface area contributed by atoms with Crippen molar-refractivity contribution in [2.24, 2.45) is 5.92 Å². The highest BCUT2D eigenvalue weighted by Crippen LogP contribution is 2.31. The number of rotatable bonds is 3. The Bertz CT molecular complexity index is 709. The molecule has 0 spiro atoms. The highest BCUT2D eigenvalue weighted by atomic mass is 35.5. The molecule has 0 radical (unpaired) electrons. The number of carbonyl (C=O) groups is 1. The topological polar surface area (TPSA) is 60.8 Å². The Balaban J connectivity index is 1.61. The van der Waals surface area contributed by atoms with Gasteiger partial charge in [-0.15, -0.1) is 0 Å². The lowest BCUT2D eigenvalue weighted by Crippen LogP contribution is -2.39. The predicted molar refractivity (Wildman–Crippen MR) is 93.1 cm³/mol. The van der Waals surface area contributed by atoms with E-state index in [0.29, 0.717) is 23.7 Å². The number of carbonyl (C=O) groups excluding carboxylic acids is 1. The summed E-state index contributed by atoms with van der Waals surface area (Å²) >= 11 is 5.88. The van der Waals surface area contributed by atoms with Crippen molar-refractivity contribution in [2.45, 2.75) is 18.9 Å². The molecule has 126 valence electrons. The second-order valence-electron chi connectivity index (χ2n) is 6.18. The molecule has 1 aliphatic heterocycles. The Kier molecular flexibility index (Phi) is 5.07. The standard InChI is InChI=1S/C19H20ClNO3/c20-16-6-4-13(5-7-16)18(23)14-8-10-21(11-9-14)19(24)15-2-1-3-17(22)12-15/h1-7,12,14,18,22-23H,8-11H2. The normalized spacial score (nSPS) is 16.8. The number of hydrogen-bond donors (Lipinski definition) is 2. The number of likely N-dealkylation sites (tertiary alicyclic amines) is 1. The number of aliphatic hydroxyl groups is 1. The van der Waals surface area contributed by atoms with E-state index in [9.17, 15) is 15.0 Å². The SMILES string of the molecule is O=C(c1cccc(O)c1)N1CCC(C(O)c2ccc(Cl)cc2)CC1.